The van der Waals surface area contributed by atoms with Crippen LogP contribution in [0.15, 0.2) is 0 Å². The lowest BCUT2D eigenvalue weighted by molar-refractivity contribution is -0.104. The third-order valence-electron chi connectivity index (χ3n) is 3.41. The molecule has 0 aromatic rings. The Labute approximate surface area is 92.3 Å². The van der Waals surface area contributed by atoms with E-state index in [9.17, 15) is 0 Å². The topological polar surface area (TPSA) is 44.5 Å². The summed E-state index contributed by atoms with van der Waals surface area (Å²) in [5.41, 5.74) is 6.01. The van der Waals surface area contributed by atoms with Crippen molar-refractivity contribution in [2.24, 2.45) is 11.7 Å². The van der Waals surface area contributed by atoms with Gasteiger partial charge < -0.3 is 15.2 Å². The zero-order valence-corrected chi connectivity index (χ0v) is 9.82. The predicted molar refractivity (Wildman–Crippen MR) is 59.7 cm³/mol. The number of nitrogens with two attached hydrogens (primary N) is 1. The van der Waals surface area contributed by atoms with Crippen LogP contribution in [-0.4, -0.2) is 31.0 Å². The zero-order valence-electron chi connectivity index (χ0n) is 9.82. The number of rotatable bonds is 4. The van der Waals surface area contributed by atoms with Crippen molar-refractivity contribution in [3.63, 3.8) is 0 Å². The van der Waals surface area contributed by atoms with Gasteiger partial charge in [0.2, 0.25) is 0 Å². The van der Waals surface area contributed by atoms with E-state index in [1.165, 1.54) is 12.8 Å². The van der Waals surface area contributed by atoms with E-state index in [2.05, 4.69) is 13.8 Å². The fraction of sp³-hybridized carbons (Fsp3) is 1.00. The molecule has 1 aliphatic carbocycles. The van der Waals surface area contributed by atoms with Crippen molar-refractivity contribution >= 4 is 0 Å². The molecule has 2 rings (SSSR count). The van der Waals surface area contributed by atoms with Gasteiger partial charge in [-0.3, -0.25) is 0 Å². The molecule has 1 heterocycles. The molecule has 3 unspecified atom stereocenters. The summed E-state index contributed by atoms with van der Waals surface area (Å²) in [4.78, 5) is 0. The fourth-order valence-corrected chi connectivity index (χ4v) is 2.39. The maximum Gasteiger partial charge on any atom is 0.0625 e. The van der Waals surface area contributed by atoms with Gasteiger partial charge in [0.1, 0.15) is 0 Å². The molecule has 3 nitrogen and oxygen atoms in total. The van der Waals surface area contributed by atoms with Crippen molar-refractivity contribution in [2.45, 2.75) is 63.9 Å². The van der Waals surface area contributed by atoms with Crippen LogP contribution in [0, 0.1) is 5.92 Å². The first-order valence-electron chi connectivity index (χ1n) is 6.17. The van der Waals surface area contributed by atoms with Gasteiger partial charge in [-0.25, -0.2) is 0 Å². The first-order chi connectivity index (χ1) is 7.15. The molecule has 0 bridgehead atoms. The quantitative estimate of drug-likeness (QED) is 0.773. The highest BCUT2D eigenvalue weighted by Gasteiger charge is 2.30. The Bertz CT molecular complexity index is 196. The molecule has 2 N–H and O–H groups in total. The lowest BCUT2D eigenvalue weighted by Gasteiger charge is -2.32. The lowest BCUT2D eigenvalue weighted by Crippen LogP contribution is -2.37. The number of hydrogen-bond donors (Lipinski definition) is 1. The van der Waals surface area contributed by atoms with Crippen LogP contribution in [0.5, 0.6) is 0 Å². The Hall–Kier alpha value is -0.120. The molecule has 0 amide bonds. The van der Waals surface area contributed by atoms with E-state index in [1.54, 1.807) is 0 Å². The van der Waals surface area contributed by atoms with Crippen LogP contribution in [0.2, 0.25) is 0 Å². The molecule has 1 saturated heterocycles. The van der Waals surface area contributed by atoms with Gasteiger partial charge in [-0.15, -0.1) is 0 Å². The molecular formula is C12H23NO2. The van der Waals surface area contributed by atoms with Gasteiger partial charge in [0, 0.05) is 6.04 Å². The van der Waals surface area contributed by atoms with Crippen molar-refractivity contribution in [1.82, 2.24) is 0 Å². The van der Waals surface area contributed by atoms with Crippen molar-refractivity contribution in [3.05, 3.63) is 0 Å². The maximum atomic E-state index is 6.01. The van der Waals surface area contributed by atoms with Gasteiger partial charge in [-0.1, -0.05) is 0 Å². The van der Waals surface area contributed by atoms with Crippen LogP contribution in [-0.2, 0) is 9.47 Å². The summed E-state index contributed by atoms with van der Waals surface area (Å²) in [6, 6.07) is 0.262. The molecule has 3 atom stereocenters. The molecule has 2 aliphatic rings. The number of hydrogen-bond acceptors (Lipinski definition) is 3. The second-order valence-electron chi connectivity index (χ2n) is 5.19. The average Bonchev–Trinajstić information content (AvgIpc) is 2.95. The molecule has 15 heavy (non-hydrogen) atoms. The van der Waals surface area contributed by atoms with E-state index in [0.717, 1.165) is 25.4 Å². The SMILES string of the molecule is CC1CC(OCC(N)C2CC2)CC(C)O1. The first kappa shape index (κ1) is 11.4. The lowest BCUT2D eigenvalue weighted by atomic mass is 10.0. The predicted octanol–water partition coefficient (Wildman–Crippen LogP) is 1.70. The third kappa shape index (κ3) is 3.44. The van der Waals surface area contributed by atoms with E-state index in [-0.39, 0.29) is 6.04 Å². The highest BCUT2D eigenvalue weighted by molar-refractivity contribution is 4.84. The second kappa shape index (κ2) is 4.81. The monoisotopic (exact) mass is 213 g/mol. The Morgan fingerprint density at radius 2 is 1.87 bits per heavy atom. The van der Waals surface area contributed by atoms with E-state index in [1.807, 2.05) is 0 Å². The summed E-state index contributed by atoms with van der Waals surface area (Å²) in [6.45, 7) is 4.97. The van der Waals surface area contributed by atoms with Crippen LogP contribution >= 0.6 is 0 Å². The minimum absolute atomic E-state index is 0.262. The van der Waals surface area contributed by atoms with Gasteiger partial charge in [0.15, 0.2) is 0 Å². The minimum atomic E-state index is 0.262. The largest absolute Gasteiger partial charge is 0.376 e. The smallest absolute Gasteiger partial charge is 0.0625 e. The highest BCUT2D eigenvalue weighted by Crippen LogP contribution is 2.32. The molecule has 0 spiro atoms. The van der Waals surface area contributed by atoms with Gasteiger partial charge in [0.25, 0.3) is 0 Å². The van der Waals surface area contributed by atoms with Crippen molar-refractivity contribution < 1.29 is 9.47 Å². The average molecular weight is 213 g/mol. The number of ether oxygens (including phenoxy) is 2. The Morgan fingerprint density at radius 1 is 1.27 bits per heavy atom. The molecule has 88 valence electrons. The van der Waals surface area contributed by atoms with Crippen LogP contribution in [0.4, 0.5) is 0 Å². The fourth-order valence-electron chi connectivity index (χ4n) is 2.39. The van der Waals surface area contributed by atoms with Gasteiger partial charge in [0.05, 0.1) is 24.9 Å². The van der Waals surface area contributed by atoms with Crippen molar-refractivity contribution in [1.29, 1.82) is 0 Å². The summed E-state index contributed by atoms with van der Waals surface area (Å²) >= 11 is 0. The summed E-state index contributed by atoms with van der Waals surface area (Å²) in [5.74, 6) is 0.736. The molecule has 2 fully saturated rings. The molecule has 0 aromatic heterocycles. The highest BCUT2D eigenvalue weighted by atomic mass is 16.5. The summed E-state index contributed by atoms with van der Waals surface area (Å²) in [7, 11) is 0. The molecule has 3 heteroatoms. The van der Waals surface area contributed by atoms with Crippen molar-refractivity contribution in [2.75, 3.05) is 6.61 Å². The molecule has 1 aliphatic heterocycles. The Kier molecular flexibility index (Phi) is 3.65. The molecule has 1 saturated carbocycles. The van der Waals surface area contributed by atoms with Crippen molar-refractivity contribution in [3.8, 4) is 0 Å². The van der Waals surface area contributed by atoms with Gasteiger partial charge in [-0.2, -0.15) is 0 Å². The Morgan fingerprint density at radius 3 is 2.40 bits per heavy atom. The van der Waals surface area contributed by atoms with Gasteiger partial charge >= 0.3 is 0 Å². The van der Waals surface area contributed by atoms with E-state index < -0.39 is 0 Å². The van der Waals surface area contributed by atoms with Gasteiger partial charge in [-0.05, 0) is 45.4 Å². The zero-order chi connectivity index (χ0) is 10.8. The molecular weight excluding hydrogens is 190 g/mol. The molecule has 0 aromatic carbocycles. The summed E-state index contributed by atoms with van der Waals surface area (Å²) in [6.07, 6.45) is 5.64. The first-order valence-corrected chi connectivity index (χ1v) is 6.17. The third-order valence-corrected chi connectivity index (χ3v) is 3.41. The van der Waals surface area contributed by atoms with E-state index in [4.69, 9.17) is 15.2 Å². The second-order valence-corrected chi connectivity index (χ2v) is 5.19. The van der Waals surface area contributed by atoms with Crippen LogP contribution < -0.4 is 5.73 Å². The minimum Gasteiger partial charge on any atom is -0.376 e. The molecule has 0 radical (unpaired) electrons. The summed E-state index contributed by atoms with van der Waals surface area (Å²) in [5, 5.41) is 0. The van der Waals surface area contributed by atoms with Crippen LogP contribution in [0.1, 0.15) is 39.5 Å². The van der Waals surface area contributed by atoms with E-state index >= 15 is 0 Å². The van der Waals surface area contributed by atoms with E-state index in [0.29, 0.717) is 18.3 Å². The summed E-state index contributed by atoms with van der Waals surface area (Å²) < 4.78 is 11.6. The maximum absolute atomic E-state index is 6.01. The normalized spacial score (nSPS) is 39.0. The Balaban J connectivity index is 1.68. The standard InChI is InChI=1S/C12H23NO2/c1-8-5-11(6-9(2)15-8)14-7-12(13)10-3-4-10/h8-12H,3-7,13H2,1-2H3. The van der Waals surface area contributed by atoms with Crippen LogP contribution in [0.25, 0.3) is 0 Å². The van der Waals surface area contributed by atoms with Crippen LogP contribution in [0.3, 0.4) is 0 Å².